The van der Waals surface area contributed by atoms with E-state index in [2.05, 4.69) is 42.9 Å². The molecule has 0 spiro atoms. The molecular formula is C17H27N3O. The highest BCUT2D eigenvalue weighted by atomic mass is 16.5. The molecule has 2 unspecified atom stereocenters. The van der Waals surface area contributed by atoms with Crippen LogP contribution < -0.4 is 10.1 Å². The van der Waals surface area contributed by atoms with Crippen LogP contribution in [0.4, 0.5) is 0 Å². The zero-order chi connectivity index (χ0) is 15.2. The number of fused-ring (bicyclic) bond motifs is 1. The van der Waals surface area contributed by atoms with E-state index in [0.29, 0.717) is 0 Å². The summed E-state index contributed by atoms with van der Waals surface area (Å²) in [6, 6.07) is 0. The van der Waals surface area contributed by atoms with Crippen molar-refractivity contribution in [2.24, 2.45) is 11.8 Å². The van der Waals surface area contributed by atoms with Crippen LogP contribution >= 0.6 is 0 Å². The number of rotatable bonds is 3. The lowest BCUT2D eigenvalue weighted by molar-refractivity contribution is 0.130. The summed E-state index contributed by atoms with van der Waals surface area (Å²) in [7, 11) is 1.75. The molecular weight excluding hydrogens is 262 g/mol. The van der Waals surface area contributed by atoms with Crippen molar-refractivity contribution in [3.8, 4) is 5.75 Å². The number of aryl methyl sites for hydroxylation is 1. The summed E-state index contributed by atoms with van der Waals surface area (Å²) in [5.74, 6) is 2.52. The lowest BCUT2D eigenvalue weighted by Gasteiger charge is -2.35. The van der Waals surface area contributed by atoms with Crippen LogP contribution in [-0.4, -0.2) is 42.2 Å². The SMILES string of the molecule is COc1c(C)cnc(CN2CC3CNCC3C2(C)C)c1C. The highest BCUT2D eigenvalue weighted by Crippen LogP contribution is 2.41. The first-order chi connectivity index (χ1) is 9.95. The molecule has 2 atom stereocenters. The highest BCUT2D eigenvalue weighted by Gasteiger charge is 2.49. The average Bonchev–Trinajstić information content (AvgIpc) is 2.97. The topological polar surface area (TPSA) is 37.4 Å². The highest BCUT2D eigenvalue weighted by molar-refractivity contribution is 5.41. The van der Waals surface area contributed by atoms with Gasteiger partial charge in [-0.15, -0.1) is 0 Å². The maximum atomic E-state index is 5.54. The number of aromatic nitrogens is 1. The van der Waals surface area contributed by atoms with Crippen LogP contribution in [-0.2, 0) is 6.54 Å². The molecule has 1 aromatic heterocycles. The molecule has 0 radical (unpaired) electrons. The van der Waals surface area contributed by atoms with E-state index in [-0.39, 0.29) is 5.54 Å². The van der Waals surface area contributed by atoms with E-state index in [0.717, 1.165) is 48.5 Å². The molecule has 1 aromatic rings. The summed E-state index contributed by atoms with van der Waals surface area (Å²) in [5, 5.41) is 3.54. The van der Waals surface area contributed by atoms with Gasteiger partial charge in [0.15, 0.2) is 0 Å². The second-order valence-electron chi connectivity index (χ2n) is 7.11. The van der Waals surface area contributed by atoms with Gasteiger partial charge in [-0.25, -0.2) is 0 Å². The fraction of sp³-hybridized carbons (Fsp3) is 0.706. The number of hydrogen-bond acceptors (Lipinski definition) is 4. The van der Waals surface area contributed by atoms with Crippen LogP contribution in [0.3, 0.4) is 0 Å². The molecule has 0 aromatic carbocycles. The van der Waals surface area contributed by atoms with E-state index in [4.69, 9.17) is 4.74 Å². The zero-order valence-corrected chi connectivity index (χ0v) is 13.9. The van der Waals surface area contributed by atoms with Crippen molar-refractivity contribution >= 4 is 0 Å². The van der Waals surface area contributed by atoms with Crippen LogP contribution in [0, 0.1) is 25.7 Å². The van der Waals surface area contributed by atoms with Gasteiger partial charge in [-0.1, -0.05) is 0 Å². The van der Waals surface area contributed by atoms with Gasteiger partial charge in [-0.05, 0) is 46.1 Å². The first kappa shape index (κ1) is 14.8. The summed E-state index contributed by atoms with van der Waals surface area (Å²) in [4.78, 5) is 7.28. The quantitative estimate of drug-likeness (QED) is 0.925. The van der Waals surface area contributed by atoms with Gasteiger partial charge in [0.25, 0.3) is 0 Å². The van der Waals surface area contributed by atoms with Crippen molar-refractivity contribution in [2.75, 3.05) is 26.7 Å². The maximum absolute atomic E-state index is 5.54. The molecule has 3 heterocycles. The van der Waals surface area contributed by atoms with Gasteiger partial charge >= 0.3 is 0 Å². The second-order valence-corrected chi connectivity index (χ2v) is 7.11. The predicted octanol–water partition coefficient (Wildman–Crippen LogP) is 2.14. The fourth-order valence-electron chi connectivity index (χ4n) is 4.18. The molecule has 4 nitrogen and oxygen atoms in total. The van der Waals surface area contributed by atoms with E-state index in [1.165, 1.54) is 12.1 Å². The summed E-state index contributed by atoms with van der Waals surface area (Å²) in [6.45, 7) is 13.3. The third-order valence-electron chi connectivity index (χ3n) is 5.61. The van der Waals surface area contributed by atoms with Crippen molar-refractivity contribution in [3.63, 3.8) is 0 Å². The third kappa shape index (κ3) is 2.34. The Morgan fingerprint density at radius 3 is 2.81 bits per heavy atom. The smallest absolute Gasteiger partial charge is 0.128 e. The summed E-state index contributed by atoms with van der Waals surface area (Å²) in [5.41, 5.74) is 3.68. The van der Waals surface area contributed by atoms with Gasteiger partial charge < -0.3 is 10.1 Å². The molecule has 4 heteroatoms. The number of nitrogens with one attached hydrogen (secondary N) is 1. The Morgan fingerprint density at radius 2 is 2.14 bits per heavy atom. The molecule has 0 aliphatic carbocycles. The minimum atomic E-state index is 0.237. The first-order valence-corrected chi connectivity index (χ1v) is 7.90. The first-order valence-electron chi connectivity index (χ1n) is 7.90. The lowest BCUT2D eigenvalue weighted by Crippen LogP contribution is -2.44. The standard InChI is InChI=1S/C17H27N3O/c1-11-6-19-15(12(2)16(11)21-5)10-20-9-13-7-18-8-14(13)17(20,3)4/h6,13-14,18H,7-10H2,1-5H3. The Hall–Kier alpha value is -1.13. The lowest BCUT2D eigenvalue weighted by atomic mass is 9.85. The number of likely N-dealkylation sites (tertiary alicyclic amines) is 1. The molecule has 1 N–H and O–H groups in total. The second kappa shape index (κ2) is 5.25. The van der Waals surface area contributed by atoms with E-state index in [9.17, 15) is 0 Å². The Balaban J connectivity index is 1.84. The Kier molecular flexibility index (Phi) is 3.70. The predicted molar refractivity (Wildman–Crippen MR) is 84.6 cm³/mol. The zero-order valence-electron chi connectivity index (χ0n) is 13.9. The van der Waals surface area contributed by atoms with Gasteiger partial charge in [0, 0.05) is 42.5 Å². The Bertz CT molecular complexity index is 541. The van der Waals surface area contributed by atoms with Gasteiger partial charge in [0.1, 0.15) is 5.75 Å². The number of pyridine rings is 1. The third-order valence-corrected chi connectivity index (χ3v) is 5.61. The summed E-state index contributed by atoms with van der Waals surface area (Å²) >= 11 is 0. The van der Waals surface area contributed by atoms with Crippen molar-refractivity contribution in [3.05, 3.63) is 23.0 Å². The molecule has 0 amide bonds. The monoisotopic (exact) mass is 289 g/mol. The molecule has 2 saturated heterocycles. The van der Waals surface area contributed by atoms with Gasteiger partial charge in [-0.3, -0.25) is 9.88 Å². The number of methoxy groups -OCH3 is 1. The van der Waals surface area contributed by atoms with E-state index >= 15 is 0 Å². The van der Waals surface area contributed by atoms with E-state index in [1.807, 2.05) is 6.20 Å². The number of nitrogens with zero attached hydrogens (tertiary/aromatic N) is 2. The molecule has 2 aliphatic heterocycles. The maximum Gasteiger partial charge on any atom is 0.128 e. The Morgan fingerprint density at radius 1 is 1.38 bits per heavy atom. The van der Waals surface area contributed by atoms with Crippen molar-refractivity contribution in [1.29, 1.82) is 0 Å². The van der Waals surface area contributed by atoms with Gasteiger partial charge in [0.2, 0.25) is 0 Å². The van der Waals surface area contributed by atoms with Crippen molar-refractivity contribution in [1.82, 2.24) is 15.2 Å². The minimum Gasteiger partial charge on any atom is -0.496 e. The van der Waals surface area contributed by atoms with E-state index < -0.39 is 0 Å². The normalized spacial score (nSPS) is 27.9. The van der Waals surface area contributed by atoms with Crippen molar-refractivity contribution < 1.29 is 4.74 Å². The van der Waals surface area contributed by atoms with Crippen LogP contribution in [0.5, 0.6) is 5.75 Å². The largest absolute Gasteiger partial charge is 0.496 e. The molecule has 2 fully saturated rings. The minimum absolute atomic E-state index is 0.237. The van der Waals surface area contributed by atoms with Crippen molar-refractivity contribution in [2.45, 2.75) is 39.8 Å². The fourth-order valence-corrected chi connectivity index (χ4v) is 4.18. The van der Waals surface area contributed by atoms with Crippen LogP contribution in [0.25, 0.3) is 0 Å². The molecule has 0 bridgehead atoms. The molecule has 2 aliphatic rings. The van der Waals surface area contributed by atoms with E-state index in [1.54, 1.807) is 7.11 Å². The number of ether oxygens (including phenoxy) is 1. The Labute approximate surface area is 127 Å². The molecule has 21 heavy (non-hydrogen) atoms. The summed E-state index contributed by atoms with van der Waals surface area (Å²) < 4.78 is 5.54. The number of hydrogen-bond donors (Lipinski definition) is 1. The molecule has 3 rings (SSSR count). The average molecular weight is 289 g/mol. The van der Waals surface area contributed by atoms with Crippen LogP contribution in [0.2, 0.25) is 0 Å². The van der Waals surface area contributed by atoms with Crippen LogP contribution in [0.15, 0.2) is 6.20 Å². The van der Waals surface area contributed by atoms with Gasteiger partial charge in [0.05, 0.1) is 12.8 Å². The van der Waals surface area contributed by atoms with Crippen LogP contribution in [0.1, 0.15) is 30.7 Å². The summed E-state index contributed by atoms with van der Waals surface area (Å²) in [6.07, 6.45) is 1.94. The van der Waals surface area contributed by atoms with Gasteiger partial charge in [-0.2, -0.15) is 0 Å². The molecule has 0 saturated carbocycles. The molecule has 116 valence electrons.